The van der Waals surface area contributed by atoms with E-state index in [0.717, 1.165) is 16.8 Å². The van der Waals surface area contributed by atoms with Gasteiger partial charge in [0, 0.05) is 16.4 Å². The molecule has 0 bridgehead atoms. The number of amides is 1. The van der Waals surface area contributed by atoms with Crippen LogP contribution in [0.1, 0.15) is 24.1 Å². The number of hydrogen-bond donors (Lipinski definition) is 3. The van der Waals surface area contributed by atoms with Gasteiger partial charge >= 0.3 is 0 Å². The molecule has 0 unspecified atom stereocenters. The van der Waals surface area contributed by atoms with E-state index in [-0.39, 0.29) is 11.9 Å². The van der Waals surface area contributed by atoms with Crippen molar-refractivity contribution in [3.05, 3.63) is 76.0 Å². The lowest BCUT2D eigenvalue weighted by Crippen LogP contribution is -2.45. The lowest BCUT2D eigenvalue weighted by atomic mass is 9.95. The fourth-order valence-electron chi connectivity index (χ4n) is 2.76. The van der Waals surface area contributed by atoms with E-state index >= 15 is 0 Å². The van der Waals surface area contributed by atoms with Crippen molar-refractivity contribution in [2.45, 2.75) is 19.9 Å². The molecule has 2 aromatic carbocycles. The fourth-order valence-corrected chi connectivity index (χ4v) is 3.21. The van der Waals surface area contributed by atoms with Gasteiger partial charge < -0.3 is 16.0 Å². The Hall–Kier alpha value is -2.37. The summed E-state index contributed by atoms with van der Waals surface area (Å²) in [4.78, 5) is 12.9. The first-order chi connectivity index (χ1) is 12.0. The maximum absolute atomic E-state index is 12.9. The minimum Gasteiger partial charge on any atom is -0.351 e. The van der Waals surface area contributed by atoms with Crippen LogP contribution in [0, 0.1) is 6.92 Å². The highest BCUT2D eigenvalue weighted by molar-refractivity contribution is 7.80. The van der Waals surface area contributed by atoms with E-state index < -0.39 is 0 Å². The lowest BCUT2D eigenvalue weighted by molar-refractivity contribution is -0.113. The second-order valence-electron chi connectivity index (χ2n) is 5.90. The van der Waals surface area contributed by atoms with Crippen LogP contribution >= 0.6 is 23.8 Å². The van der Waals surface area contributed by atoms with Crippen molar-refractivity contribution in [1.29, 1.82) is 0 Å². The van der Waals surface area contributed by atoms with Gasteiger partial charge in [-0.15, -0.1) is 0 Å². The maximum atomic E-state index is 12.9. The summed E-state index contributed by atoms with van der Waals surface area (Å²) < 4.78 is 0. The van der Waals surface area contributed by atoms with Crippen LogP contribution in [0.2, 0.25) is 5.02 Å². The Morgan fingerprint density at radius 1 is 1.16 bits per heavy atom. The average molecular weight is 372 g/mol. The smallest absolute Gasteiger partial charge is 0.255 e. The van der Waals surface area contributed by atoms with E-state index in [1.54, 1.807) is 6.07 Å². The number of anilines is 1. The zero-order valence-electron chi connectivity index (χ0n) is 13.9. The Morgan fingerprint density at radius 3 is 2.56 bits per heavy atom. The quantitative estimate of drug-likeness (QED) is 0.711. The molecule has 4 nitrogen and oxygen atoms in total. The monoisotopic (exact) mass is 371 g/mol. The normalized spacial score (nSPS) is 16.9. The minimum atomic E-state index is -0.309. The molecule has 3 rings (SSSR count). The van der Waals surface area contributed by atoms with Crippen LogP contribution in [0.4, 0.5) is 5.69 Å². The zero-order valence-corrected chi connectivity index (χ0v) is 15.5. The number of benzene rings is 2. The van der Waals surface area contributed by atoms with Gasteiger partial charge in [0.15, 0.2) is 5.11 Å². The van der Waals surface area contributed by atoms with E-state index in [1.165, 1.54) is 0 Å². The minimum absolute atomic E-state index is 0.200. The first-order valence-corrected chi connectivity index (χ1v) is 8.65. The van der Waals surface area contributed by atoms with E-state index in [2.05, 4.69) is 16.0 Å². The summed E-state index contributed by atoms with van der Waals surface area (Å²) in [5.74, 6) is -0.200. The molecule has 0 aromatic heterocycles. The third-order valence-electron chi connectivity index (χ3n) is 4.08. The van der Waals surface area contributed by atoms with Crippen molar-refractivity contribution in [3.63, 3.8) is 0 Å². The van der Waals surface area contributed by atoms with Gasteiger partial charge in [-0.05, 0) is 49.3 Å². The molecule has 0 saturated heterocycles. The van der Waals surface area contributed by atoms with Gasteiger partial charge in [0.2, 0.25) is 0 Å². The summed E-state index contributed by atoms with van der Waals surface area (Å²) in [6, 6.07) is 14.9. The second kappa shape index (κ2) is 7.25. The van der Waals surface area contributed by atoms with Crippen LogP contribution in [-0.2, 0) is 4.79 Å². The van der Waals surface area contributed by atoms with Gasteiger partial charge in [0.25, 0.3) is 5.91 Å². The molecule has 0 saturated carbocycles. The number of carbonyl (C=O) groups is 1. The van der Waals surface area contributed by atoms with Crippen LogP contribution < -0.4 is 16.0 Å². The first kappa shape index (κ1) is 17.5. The molecule has 2 aromatic rings. The number of hydrogen-bond acceptors (Lipinski definition) is 2. The molecule has 25 heavy (non-hydrogen) atoms. The summed E-state index contributed by atoms with van der Waals surface area (Å²) >= 11 is 11.4. The van der Waals surface area contributed by atoms with Crippen LogP contribution in [0.15, 0.2) is 59.8 Å². The van der Waals surface area contributed by atoms with E-state index in [1.807, 2.05) is 56.3 Å². The largest absolute Gasteiger partial charge is 0.351 e. The van der Waals surface area contributed by atoms with Gasteiger partial charge in [-0.25, -0.2) is 0 Å². The Morgan fingerprint density at radius 2 is 1.88 bits per heavy atom. The summed E-state index contributed by atoms with van der Waals surface area (Å²) in [6.45, 7) is 3.77. The van der Waals surface area contributed by atoms with Gasteiger partial charge in [0.1, 0.15) is 0 Å². The number of carbonyl (C=O) groups excluding carboxylic acids is 1. The van der Waals surface area contributed by atoms with Crippen molar-refractivity contribution in [2.75, 3.05) is 5.32 Å². The van der Waals surface area contributed by atoms with E-state index in [0.29, 0.717) is 21.4 Å². The SMILES string of the molecule is CC1=C(C(=O)Nc2ccc(C)c(Cl)c2)[C@H](c2ccccc2)NC(=S)N1. The predicted octanol–water partition coefficient (Wildman–Crippen LogP) is 4.08. The Kier molecular flexibility index (Phi) is 5.06. The van der Waals surface area contributed by atoms with E-state index in [9.17, 15) is 4.79 Å². The zero-order chi connectivity index (χ0) is 18.0. The number of nitrogens with one attached hydrogen (secondary N) is 3. The molecule has 6 heteroatoms. The number of allylic oxidation sites excluding steroid dienone is 1. The van der Waals surface area contributed by atoms with E-state index in [4.69, 9.17) is 23.8 Å². The third kappa shape index (κ3) is 3.83. The first-order valence-electron chi connectivity index (χ1n) is 7.86. The summed E-state index contributed by atoms with van der Waals surface area (Å²) in [5.41, 5.74) is 3.91. The fraction of sp³-hybridized carbons (Fsp3) is 0.158. The highest BCUT2D eigenvalue weighted by atomic mass is 35.5. The summed E-state index contributed by atoms with van der Waals surface area (Å²) in [5, 5.41) is 10.2. The molecule has 1 aliphatic heterocycles. The maximum Gasteiger partial charge on any atom is 0.255 e. The van der Waals surface area contributed by atoms with Crippen LogP contribution in [0.3, 0.4) is 0 Å². The van der Waals surface area contributed by atoms with Crippen LogP contribution in [0.25, 0.3) is 0 Å². The molecule has 1 aliphatic rings. The third-order valence-corrected chi connectivity index (χ3v) is 4.70. The highest BCUT2D eigenvalue weighted by Gasteiger charge is 2.29. The number of halogens is 1. The molecule has 0 fully saturated rings. The number of thiocarbonyl (C=S) groups is 1. The van der Waals surface area contributed by atoms with Gasteiger partial charge in [0.05, 0.1) is 11.6 Å². The molecule has 1 heterocycles. The molecule has 3 N–H and O–H groups in total. The van der Waals surface area contributed by atoms with Crippen molar-refractivity contribution >= 4 is 40.5 Å². The molecular formula is C19H18ClN3OS. The van der Waals surface area contributed by atoms with Crippen molar-refractivity contribution < 1.29 is 4.79 Å². The molecule has 128 valence electrons. The van der Waals surface area contributed by atoms with Gasteiger partial charge in [-0.3, -0.25) is 4.79 Å². The molecular weight excluding hydrogens is 354 g/mol. The van der Waals surface area contributed by atoms with Crippen molar-refractivity contribution in [2.24, 2.45) is 0 Å². The van der Waals surface area contributed by atoms with Crippen molar-refractivity contribution in [1.82, 2.24) is 10.6 Å². The number of aryl methyl sites for hydroxylation is 1. The van der Waals surface area contributed by atoms with Gasteiger partial charge in [-0.2, -0.15) is 0 Å². The standard InChI is InChI=1S/C19H18ClN3OS/c1-11-8-9-14(10-15(11)20)22-18(24)16-12(2)21-19(25)23-17(16)13-6-4-3-5-7-13/h3-10,17H,1-2H3,(H,22,24)(H2,21,23,25)/t17-/m0/s1. The topological polar surface area (TPSA) is 53.2 Å². The van der Waals surface area contributed by atoms with Crippen molar-refractivity contribution in [3.8, 4) is 0 Å². The molecule has 0 spiro atoms. The summed E-state index contributed by atoms with van der Waals surface area (Å²) in [6.07, 6.45) is 0. The van der Waals surface area contributed by atoms with Crippen LogP contribution in [0.5, 0.6) is 0 Å². The number of rotatable bonds is 3. The molecule has 0 radical (unpaired) electrons. The average Bonchev–Trinajstić information content (AvgIpc) is 2.58. The summed E-state index contributed by atoms with van der Waals surface area (Å²) in [7, 11) is 0. The molecule has 1 atom stereocenters. The Balaban J connectivity index is 1.93. The molecule has 1 amide bonds. The molecule has 0 aliphatic carbocycles. The van der Waals surface area contributed by atoms with Crippen LogP contribution in [-0.4, -0.2) is 11.0 Å². The Labute approximate surface area is 157 Å². The predicted molar refractivity (Wildman–Crippen MR) is 106 cm³/mol. The highest BCUT2D eigenvalue weighted by Crippen LogP contribution is 2.28. The second-order valence-corrected chi connectivity index (χ2v) is 6.71. The Bertz CT molecular complexity index is 864. The lowest BCUT2D eigenvalue weighted by Gasteiger charge is -2.30. The van der Waals surface area contributed by atoms with Gasteiger partial charge in [-0.1, -0.05) is 48.0 Å².